The second kappa shape index (κ2) is 6.57. The lowest BCUT2D eigenvalue weighted by atomic mass is 10.1. The molecule has 1 aromatic carbocycles. The number of esters is 1. The van der Waals surface area contributed by atoms with E-state index in [-0.39, 0.29) is 12.4 Å². The van der Waals surface area contributed by atoms with Gasteiger partial charge in [0.1, 0.15) is 12.4 Å². The molecule has 7 heteroatoms. The van der Waals surface area contributed by atoms with E-state index in [1.54, 1.807) is 17.5 Å². The van der Waals surface area contributed by atoms with Gasteiger partial charge in [-0.15, -0.1) is 0 Å². The number of rotatable bonds is 4. The van der Waals surface area contributed by atoms with Crippen molar-refractivity contribution in [3.05, 3.63) is 58.1 Å². The van der Waals surface area contributed by atoms with Gasteiger partial charge in [-0.3, -0.25) is 4.79 Å². The Morgan fingerprint density at radius 3 is 2.83 bits per heavy atom. The fourth-order valence-corrected chi connectivity index (χ4v) is 2.95. The van der Waals surface area contributed by atoms with Crippen LogP contribution in [0.2, 0.25) is 5.02 Å². The summed E-state index contributed by atoms with van der Waals surface area (Å²) in [5.41, 5.74) is 3.16. The number of halogens is 1. The van der Waals surface area contributed by atoms with Crippen LogP contribution in [0, 0.1) is 13.8 Å². The normalized spacial score (nSPS) is 12.3. The van der Waals surface area contributed by atoms with Crippen LogP contribution in [-0.4, -0.2) is 25.6 Å². The van der Waals surface area contributed by atoms with E-state index in [2.05, 4.69) is 15.1 Å². The Morgan fingerprint density at radius 1 is 1.33 bits per heavy atom. The molecule has 1 atom stereocenters. The Labute approximate surface area is 144 Å². The van der Waals surface area contributed by atoms with Gasteiger partial charge in [0.2, 0.25) is 0 Å². The molecular weight excluding hydrogens is 328 g/mol. The Hall–Kier alpha value is -2.47. The van der Waals surface area contributed by atoms with E-state index < -0.39 is 6.10 Å². The molecule has 0 saturated carbocycles. The molecule has 0 bridgehead atoms. The summed E-state index contributed by atoms with van der Waals surface area (Å²) in [7, 11) is 0. The van der Waals surface area contributed by atoms with Crippen molar-refractivity contribution in [1.29, 1.82) is 0 Å². The van der Waals surface area contributed by atoms with Gasteiger partial charge < -0.3 is 4.74 Å². The maximum atomic E-state index is 12.3. The van der Waals surface area contributed by atoms with Crippen molar-refractivity contribution in [2.45, 2.75) is 33.3 Å². The molecule has 24 heavy (non-hydrogen) atoms. The van der Waals surface area contributed by atoms with Crippen molar-refractivity contribution in [3.8, 4) is 0 Å². The summed E-state index contributed by atoms with van der Waals surface area (Å²) in [4.78, 5) is 20.8. The predicted octanol–water partition coefficient (Wildman–Crippen LogP) is 3.24. The van der Waals surface area contributed by atoms with E-state index in [0.29, 0.717) is 10.8 Å². The number of carbonyl (C=O) groups excluding carboxylic acids is 1. The van der Waals surface area contributed by atoms with Gasteiger partial charge in [-0.2, -0.15) is 10.1 Å². The minimum absolute atomic E-state index is 0.120. The van der Waals surface area contributed by atoms with E-state index in [1.807, 2.05) is 32.0 Å². The maximum absolute atomic E-state index is 12.3. The van der Waals surface area contributed by atoms with Gasteiger partial charge in [0.05, 0.1) is 6.42 Å². The molecule has 124 valence electrons. The summed E-state index contributed by atoms with van der Waals surface area (Å²) in [5.74, 6) is 0.182. The van der Waals surface area contributed by atoms with Crippen LogP contribution in [0.25, 0.3) is 5.78 Å². The van der Waals surface area contributed by atoms with Gasteiger partial charge in [-0.05, 0) is 26.8 Å². The average Bonchev–Trinajstić information content (AvgIpc) is 3.00. The lowest BCUT2D eigenvalue weighted by Gasteiger charge is -2.16. The third-order valence-corrected chi connectivity index (χ3v) is 4.31. The zero-order chi connectivity index (χ0) is 17.3. The number of aromatic nitrogens is 4. The predicted molar refractivity (Wildman–Crippen MR) is 89.9 cm³/mol. The number of fused-ring (bicyclic) bond motifs is 1. The molecule has 3 rings (SSSR count). The molecule has 0 aliphatic heterocycles. The van der Waals surface area contributed by atoms with Crippen LogP contribution in [0.15, 0.2) is 30.6 Å². The molecule has 0 unspecified atom stereocenters. The van der Waals surface area contributed by atoms with Crippen LogP contribution in [0.3, 0.4) is 0 Å². The molecular formula is C17H17ClN4O2. The van der Waals surface area contributed by atoms with E-state index in [4.69, 9.17) is 16.3 Å². The highest BCUT2D eigenvalue weighted by Crippen LogP contribution is 2.25. The molecule has 0 fully saturated rings. The highest BCUT2D eigenvalue weighted by molar-refractivity contribution is 6.31. The minimum Gasteiger partial charge on any atom is -0.457 e. The lowest BCUT2D eigenvalue weighted by Crippen LogP contribution is -2.15. The van der Waals surface area contributed by atoms with Crippen LogP contribution in [0.1, 0.15) is 35.5 Å². The van der Waals surface area contributed by atoms with Crippen molar-refractivity contribution < 1.29 is 9.53 Å². The highest BCUT2D eigenvalue weighted by atomic mass is 35.5. The second-order valence-electron chi connectivity index (χ2n) is 5.56. The van der Waals surface area contributed by atoms with Gasteiger partial charge >= 0.3 is 5.97 Å². The average molecular weight is 345 g/mol. The van der Waals surface area contributed by atoms with Crippen LogP contribution in [0.4, 0.5) is 0 Å². The fraction of sp³-hybridized carbons (Fsp3) is 0.294. The molecule has 0 amide bonds. The first-order chi connectivity index (χ1) is 11.5. The summed E-state index contributed by atoms with van der Waals surface area (Å²) in [6, 6.07) is 7.33. The summed E-state index contributed by atoms with van der Waals surface area (Å²) in [6.45, 7) is 5.54. The first-order valence-corrected chi connectivity index (χ1v) is 7.95. The minimum atomic E-state index is -0.421. The first kappa shape index (κ1) is 16.4. The molecule has 3 aromatic rings. The second-order valence-corrected chi connectivity index (χ2v) is 5.97. The number of hydrogen-bond donors (Lipinski definition) is 0. The Morgan fingerprint density at radius 2 is 2.08 bits per heavy atom. The topological polar surface area (TPSA) is 69.4 Å². The van der Waals surface area contributed by atoms with Gasteiger partial charge in [0.15, 0.2) is 0 Å². The van der Waals surface area contributed by atoms with E-state index in [9.17, 15) is 4.79 Å². The number of benzene rings is 1. The number of ether oxygens (including phenoxy) is 1. The number of hydrogen-bond acceptors (Lipinski definition) is 5. The summed E-state index contributed by atoms with van der Waals surface area (Å²) in [5, 5.41) is 4.70. The third kappa shape index (κ3) is 3.10. The number of carbonyl (C=O) groups is 1. The van der Waals surface area contributed by atoms with E-state index >= 15 is 0 Å². The Balaban J connectivity index is 1.79. The molecule has 2 heterocycles. The largest absolute Gasteiger partial charge is 0.457 e. The quantitative estimate of drug-likeness (QED) is 0.679. The standard InChI is InChI=1S/C17H17ClN4O2/c1-10-14(11(2)22-17(21-10)19-9-20-22)8-16(23)24-12(3)13-6-4-5-7-15(13)18/h4-7,9,12H,8H2,1-3H3/t12-/m1/s1. The molecule has 2 aromatic heterocycles. The van der Waals surface area contributed by atoms with Gasteiger partial charge in [-0.1, -0.05) is 29.8 Å². The van der Waals surface area contributed by atoms with Crippen LogP contribution in [0.5, 0.6) is 0 Å². The van der Waals surface area contributed by atoms with Crippen molar-refractivity contribution >= 4 is 23.3 Å². The van der Waals surface area contributed by atoms with Crippen molar-refractivity contribution in [1.82, 2.24) is 19.6 Å². The molecule has 0 radical (unpaired) electrons. The SMILES string of the molecule is Cc1nc2ncnn2c(C)c1CC(=O)O[C@H](C)c1ccccc1Cl. The molecule has 0 spiro atoms. The lowest BCUT2D eigenvalue weighted by molar-refractivity contribution is -0.147. The fourth-order valence-electron chi connectivity index (χ4n) is 2.66. The highest BCUT2D eigenvalue weighted by Gasteiger charge is 2.18. The summed E-state index contributed by atoms with van der Waals surface area (Å²) < 4.78 is 7.15. The smallest absolute Gasteiger partial charge is 0.310 e. The summed E-state index contributed by atoms with van der Waals surface area (Å²) >= 11 is 6.15. The number of aryl methyl sites for hydroxylation is 2. The molecule has 0 saturated heterocycles. The molecule has 0 aliphatic carbocycles. The monoisotopic (exact) mass is 344 g/mol. The van der Waals surface area contributed by atoms with Crippen molar-refractivity contribution in [3.63, 3.8) is 0 Å². The zero-order valence-electron chi connectivity index (χ0n) is 13.7. The summed E-state index contributed by atoms with van der Waals surface area (Å²) in [6.07, 6.45) is 1.14. The molecule has 0 aliphatic rings. The van der Waals surface area contributed by atoms with Crippen LogP contribution in [-0.2, 0) is 16.0 Å². The maximum Gasteiger partial charge on any atom is 0.310 e. The Kier molecular flexibility index (Phi) is 4.49. The van der Waals surface area contributed by atoms with Gasteiger partial charge in [-0.25, -0.2) is 9.50 Å². The van der Waals surface area contributed by atoms with Crippen molar-refractivity contribution in [2.24, 2.45) is 0 Å². The molecule has 0 N–H and O–H groups in total. The van der Waals surface area contributed by atoms with E-state index in [1.165, 1.54) is 6.33 Å². The van der Waals surface area contributed by atoms with Crippen molar-refractivity contribution in [2.75, 3.05) is 0 Å². The van der Waals surface area contributed by atoms with Crippen LogP contribution < -0.4 is 0 Å². The zero-order valence-corrected chi connectivity index (χ0v) is 14.4. The third-order valence-electron chi connectivity index (χ3n) is 3.96. The molecule has 6 nitrogen and oxygen atoms in total. The Bertz CT molecular complexity index is 907. The van der Waals surface area contributed by atoms with Crippen LogP contribution >= 0.6 is 11.6 Å². The first-order valence-electron chi connectivity index (χ1n) is 7.57. The van der Waals surface area contributed by atoms with Gasteiger partial charge in [0, 0.05) is 27.5 Å². The van der Waals surface area contributed by atoms with Gasteiger partial charge in [0.25, 0.3) is 5.78 Å². The number of nitrogens with zero attached hydrogens (tertiary/aromatic N) is 4. The van der Waals surface area contributed by atoms with E-state index in [0.717, 1.165) is 22.5 Å².